The van der Waals surface area contributed by atoms with Crippen LogP contribution in [0.3, 0.4) is 0 Å². The second-order valence-corrected chi connectivity index (χ2v) is 3.48. The Hall–Kier alpha value is -1.38. The molecule has 0 N–H and O–H groups in total. The highest BCUT2D eigenvalue weighted by Crippen LogP contribution is 2.27. The van der Waals surface area contributed by atoms with Gasteiger partial charge in [-0.3, -0.25) is 14.7 Å². The molecule has 0 fully saturated rings. The van der Waals surface area contributed by atoms with Crippen LogP contribution in [0.2, 0.25) is 0 Å². The Labute approximate surface area is 77.4 Å². The van der Waals surface area contributed by atoms with E-state index in [4.69, 9.17) is 0 Å². The molecule has 1 atom stereocenters. The molecule has 3 heteroatoms. The summed E-state index contributed by atoms with van der Waals surface area (Å²) < 4.78 is 0. The molecule has 0 bridgehead atoms. The minimum Gasteiger partial charge on any atom is -0.274 e. The molecule has 1 amide bonds. The molecule has 0 aromatic rings. The fraction of sp³-hybridized carbons (Fsp3) is 0.400. The van der Waals surface area contributed by atoms with Crippen LogP contribution in [0.15, 0.2) is 28.4 Å². The van der Waals surface area contributed by atoms with Gasteiger partial charge in [0.25, 0.3) is 0 Å². The lowest BCUT2D eigenvalue weighted by Gasteiger charge is -2.19. The van der Waals surface area contributed by atoms with Crippen molar-refractivity contribution in [2.24, 2.45) is 4.99 Å². The van der Waals surface area contributed by atoms with Gasteiger partial charge in [-0.2, -0.15) is 0 Å². The van der Waals surface area contributed by atoms with E-state index in [0.29, 0.717) is 0 Å². The van der Waals surface area contributed by atoms with Crippen molar-refractivity contribution in [3.63, 3.8) is 0 Å². The first-order chi connectivity index (χ1) is 6.18. The first kappa shape index (κ1) is 8.23. The Bertz CT molecular complexity index is 339. The van der Waals surface area contributed by atoms with E-state index in [1.807, 2.05) is 6.08 Å². The van der Waals surface area contributed by atoms with Gasteiger partial charge in [-0.05, 0) is 19.4 Å². The van der Waals surface area contributed by atoms with E-state index in [1.165, 1.54) is 5.57 Å². The number of carbonyl (C=O) groups excluding carboxylic acids is 1. The summed E-state index contributed by atoms with van der Waals surface area (Å²) >= 11 is 0. The van der Waals surface area contributed by atoms with Crippen LogP contribution in [0.25, 0.3) is 0 Å². The Balaban J connectivity index is 2.31. The van der Waals surface area contributed by atoms with Gasteiger partial charge in [-0.25, -0.2) is 0 Å². The standard InChI is InChI=1S/C10H12N2O/c1-7-3-4-10-9(5-7)11-6-12(10)8(2)13/h3-4,6,9H,5H2,1-2H3. The van der Waals surface area contributed by atoms with Gasteiger partial charge in [0.2, 0.25) is 5.91 Å². The number of aliphatic imine (C=N–C) groups is 1. The molecule has 2 aliphatic rings. The number of hydrogen-bond acceptors (Lipinski definition) is 2. The van der Waals surface area contributed by atoms with E-state index in [0.717, 1.165) is 12.1 Å². The molecular formula is C10H12N2O. The van der Waals surface area contributed by atoms with Crippen LogP contribution < -0.4 is 0 Å². The second-order valence-electron chi connectivity index (χ2n) is 3.48. The van der Waals surface area contributed by atoms with Gasteiger partial charge in [0.15, 0.2) is 0 Å². The normalized spacial score (nSPS) is 25.4. The van der Waals surface area contributed by atoms with E-state index < -0.39 is 0 Å². The molecule has 0 saturated heterocycles. The van der Waals surface area contributed by atoms with E-state index in [-0.39, 0.29) is 11.9 Å². The average molecular weight is 176 g/mol. The third-order valence-electron chi connectivity index (χ3n) is 2.37. The lowest BCUT2D eigenvalue weighted by atomic mass is 9.99. The maximum Gasteiger partial charge on any atom is 0.228 e. The molecule has 2 rings (SSSR count). The summed E-state index contributed by atoms with van der Waals surface area (Å²) in [6.07, 6.45) is 6.60. The van der Waals surface area contributed by atoms with E-state index >= 15 is 0 Å². The van der Waals surface area contributed by atoms with Gasteiger partial charge in [-0.1, -0.05) is 11.6 Å². The highest BCUT2D eigenvalue weighted by molar-refractivity contribution is 5.90. The Morgan fingerprint density at radius 1 is 1.62 bits per heavy atom. The van der Waals surface area contributed by atoms with Crippen LogP contribution in [-0.2, 0) is 4.79 Å². The molecule has 0 aromatic heterocycles. The molecule has 1 unspecified atom stereocenters. The van der Waals surface area contributed by atoms with Crippen molar-refractivity contribution in [1.82, 2.24) is 4.90 Å². The van der Waals surface area contributed by atoms with Crippen molar-refractivity contribution >= 4 is 12.2 Å². The van der Waals surface area contributed by atoms with Crippen LogP contribution in [0, 0.1) is 0 Å². The Morgan fingerprint density at radius 2 is 2.38 bits per heavy atom. The predicted molar refractivity (Wildman–Crippen MR) is 51.3 cm³/mol. The number of hydrogen-bond donors (Lipinski definition) is 0. The molecule has 68 valence electrons. The zero-order valence-electron chi connectivity index (χ0n) is 7.82. The van der Waals surface area contributed by atoms with Gasteiger partial charge in [0, 0.05) is 6.92 Å². The molecule has 0 radical (unpaired) electrons. The van der Waals surface area contributed by atoms with Crippen molar-refractivity contribution < 1.29 is 4.79 Å². The van der Waals surface area contributed by atoms with Crippen molar-refractivity contribution in [1.29, 1.82) is 0 Å². The summed E-state index contributed by atoms with van der Waals surface area (Å²) in [4.78, 5) is 17.1. The number of carbonyl (C=O) groups is 1. The number of fused-ring (bicyclic) bond motifs is 1. The highest BCUT2D eigenvalue weighted by Gasteiger charge is 2.27. The van der Waals surface area contributed by atoms with Crippen LogP contribution >= 0.6 is 0 Å². The first-order valence-electron chi connectivity index (χ1n) is 4.39. The fourth-order valence-electron chi connectivity index (χ4n) is 1.66. The van der Waals surface area contributed by atoms with E-state index in [9.17, 15) is 4.79 Å². The lowest BCUT2D eigenvalue weighted by molar-refractivity contribution is -0.123. The summed E-state index contributed by atoms with van der Waals surface area (Å²) in [5.41, 5.74) is 2.33. The Morgan fingerprint density at radius 3 is 3.08 bits per heavy atom. The van der Waals surface area contributed by atoms with Gasteiger partial charge in [-0.15, -0.1) is 0 Å². The fourth-order valence-corrected chi connectivity index (χ4v) is 1.66. The minimum atomic E-state index is 0.0328. The van der Waals surface area contributed by atoms with Crippen molar-refractivity contribution in [2.75, 3.05) is 0 Å². The third-order valence-corrected chi connectivity index (χ3v) is 2.37. The molecule has 13 heavy (non-hydrogen) atoms. The summed E-state index contributed by atoms with van der Waals surface area (Å²) in [5, 5.41) is 0. The average Bonchev–Trinajstić information content (AvgIpc) is 2.46. The van der Waals surface area contributed by atoms with Crippen LogP contribution in [0.5, 0.6) is 0 Å². The molecule has 1 aliphatic carbocycles. The van der Waals surface area contributed by atoms with E-state index in [1.54, 1.807) is 18.2 Å². The first-order valence-corrected chi connectivity index (χ1v) is 4.39. The number of allylic oxidation sites excluding steroid dienone is 2. The molecular weight excluding hydrogens is 164 g/mol. The largest absolute Gasteiger partial charge is 0.274 e. The minimum absolute atomic E-state index is 0.0328. The quantitative estimate of drug-likeness (QED) is 0.550. The van der Waals surface area contributed by atoms with Crippen LogP contribution in [-0.4, -0.2) is 23.2 Å². The van der Waals surface area contributed by atoms with Gasteiger partial charge >= 0.3 is 0 Å². The van der Waals surface area contributed by atoms with Gasteiger partial charge in [0.05, 0.1) is 18.1 Å². The third kappa shape index (κ3) is 1.30. The van der Waals surface area contributed by atoms with E-state index in [2.05, 4.69) is 18.0 Å². The van der Waals surface area contributed by atoms with Crippen molar-refractivity contribution in [3.8, 4) is 0 Å². The van der Waals surface area contributed by atoms with Gasteiger partial charge in [0.1, 0.15) is 0 Å². The number of nitrogens with zero attached hydrogens (tertiary/aromatic N) is 2. The molecule has 0 spiro atoms. The van der Waals surface area contributed by atoms with Crippen LogP contribution in [0.4, 0.5) is 0 Å². The zero-order chi connectivity index (χ0) is 9.42. The van der Waals surface area contributed by atoms with Crippen molar-refractivity contribution in [2.45, 2.75) is 26.3 Å². The number of amides is 1. The smallest absolute Gasteiger partial charge is 0.228 e. The molecule has 0 saturated carbocycles. The highest BCUT2D eigenvalue weighted by atomic mass is 16.2. The lowest BCUT2D eigenvalue weighted by Crippen LogP contribution is -2.26. The summed E-state index contributed by atoms with van der Waals surface area (Å²) in [5.74, 6) is 0.0328. The van der Waals surface area contributed by atoms with Gasteiger partial charge < -0.3 is 0 Å². The SMILES string of the molecule is CC(=O)N1C=NC2CC(C)=CC=C21. The topological polar surface area (TPSA) is 32.7 Å². The molecule has 1 heterocycles. The van der Waals surface area contributed by atoms with Crippen LogP contribution in [0.1, 0.15) is 20.3 Å². The summed E-state index contributed by atoms with van der Waals surface area (Å²) in [6.45, 7) is 3.64. The predicted octanol–water partition coefficient (Wildman–Crippen LogP) is 1.48. The molecule has 0 aromatic carbocycles. The summed E-state index contributed by atoms with van der Waals surface area (Å²) in [6, 6.07) is 0.175. The second kappa shape index (κ2) is 2.83. The van der Waals surface area contributed by atoms with Crippen molar-refractivity contribution in [3.05, 3.63) is 23.4 Å². The molecule has 3 nitrogen and oxygen atoms in total. The maximum atomic E-state index is 11.2. The number of rotatable bonds is 0. The Kier molecular flexibility index (Phi) is 1.79. The summed E-state index contributed by atoms with van der Waals surface area (Å²) in [7, 11) is 0. The monoisotopic (exact) mass is 176 g/mol. The zero-order valence-corrected chi connectivity index (χ0v) is 7.82. The maximum absolute atomic E-state index is 11.2. The molecule has 1 aliphatic heterocycles.